The zero-order valence-electron chi connectivity index (χ0n) is 18.1. The lowest BCUT2D eigenvalue weighted by atomic mass is 10.1. The van der Waals surface area contributed by atoms with Crippen LogP contribution in [0.5, 0.6) is 11.5 Å². The molecule has 1 aliphatic rings. The Morgan fingerprint density at radius 1 is 1.21 bits per heavy atom. The fraction of sp³-hybridized carbons (Fsp3) is 0.261. The first kappa shape index (κ1) is 25.1. The molecule has 10 heteroatoms. The maximum absolute atomic E-state index is 12.8. The number of amides is 2. The van der Waals surface area contributed by atoms with Crippen LogP contribution in [0.1, 0.15) is 25.0 Å². The Morgan fingerprint density at radius 2 is 1.91 bits per heavy atom. The second-order valence-electron chi connectivity index (χ2n) is 6.88. The normalized spacial score (nSPS) is 15.7. The van der Waals surface area contributed by atoms with E-state index in [9.17, 15) is 14.4 Å². The van der Waals surface area contributed by atoms with E-state index in [2.05, 4.69) is 20.7 Å². The summed E-state index contributed by atoms with van der Waals surface area (Å²) in [4.78, 5) is 38.0. The third kappa shape index (κ3) is 5.72. The van der Waals surface area contributed by atoms with Crippen LogP contribution in [0.3, 0.4) is 0 Å². The lowest BCUT2D eigenvalue weighted by Crippen LogP contribution is -2.42. The van der Waals surface area contributed by atoms with Crippen molar-refractivity contribution in [3.8, 4) is 11.5 Å². The number of ether oxygens (including phenoxy) is 3. The van der Waals surface area contributed by atoms with Gasteiger partial charge in [-0.05, 0) is 55.4 Å². The van der Waals surface area contributed by atoms with Crippen LogP contribution < -0.4 is 9.47 Å². The summed E-state index contributed by atoms with van der Waals surface area (Å²) in [5.74, 6) is -0.264. The highest BCUT2D eigenvalue weighted by Gasteiger charge is 2.41. The van der Waals surface area contributed by atoms with Gasteiger partial charge in [-0.1, -0.05) is 45.7 Å². The summed E-state index contributed by atoms with van der Waals surface area (Å²) in [6.45, 7) is 3.94. The van der Waals surface area contributed by atoms with Gasteiger partial charge in [0.2, 0.25) is 0 Å². The zero-order valence-corrected chi connectivity index (χ0v) is 21.3. The molecule has 1 aliphatic heterocycles. The summed E-state index contributed by atoms with van der Waals surface area (Å²) in [5, 5.41) is 0.0630. The summed E-state index contributed by atoms with van der Waals surface area (Å²) in [6, 6.07) is 9.81. The first-order chi connectivity index (χ1) is 15.8. The van der Waals surface area contributed by atoms with Crippen LogP contribution in [0.15, 0.2) is 45.8 Å². The number of nitrogens with zero attached hydrogens (tertiary/aromatic N) is 1. The Hall–Kier alpha value is -2.49. The van der Waals surface area contributed by atoms with Crippen LogP contribution in [0.4, 0.5) is 4.79 Å². The van der Waals surface area contributed by atoms with Gasteiger partial charge in [-0.25, -0.2) is 4.79 Å². The molecule has 2 aromatic carbocycles. The van der Waals surface area contributed by atoms with E-state index in [-0.39, 0.29) is 11.5 Å². The molecule has 174 valence electrons. The lowest BCUT2D eigenvalue weighted by Gasteiger charge is -2.18. The minimum atomic E-state index is -1.02. The third-order valence-electron chi connectivity index (χ3n) is 4.74. The molecule has 1 heterocycles. The minimum Gasteiger partial charge on any atom is -0.490 e. The highest BCUT2D eigenvalue weighted by atomic mass is 79.9. The number of hydrogen-bond acceptors (Lipinski definition) is 7. The van der Waals surface area contributed by atoms with E-state index in [1.165, 1.54) is 14.0 Å². The van der Waals surface area contributed by atoms with Crippen LogP contribution in [0, 0.1) is 0 Å². The van der Waals surface area contributed by atoms with Crippen molar-refractivity contribution in [3.63, 3.8) is 0 Å². The molecular weight excluding hydrogens is 534 g/mol. The van der Waals surface area contributed by atoms with Gasteiger partial charge >= 0.3 is 5.97 Å². The molecule has 0 unspecified atom stereocenters. The van der Waals surface area contributed by atoms with E-state index < -0.39 is 23.2 Å². The van der Waals surface area contributed by atoms with E-state index in [0.717, 1.165) is 22.2 Å². The number of thioether (sulfide) groups is 1. The number of imide groups is 1. The number of rotatable bonds is 8. The van der Waals surface area contributed by atoms with Gasteiger partial charge in [0.05, 0.1) is 18.6 Å². The van der Waals surface area contributed by atoms with Crippen LogP contribution in [-0.4, -0.2) is 41.8 Å². The predicted octanol–water partition coefficient (Wildman–Crippen LogP) is 5.68. The average molecular weight is 555 g/mol. The standard InChI is InChI=1S/C23H21BrClNO6S/c1-4-31-18-9-15(10-20-21(27)26(23(29)33-20)13(2)22(28)30-3)16(24)11-19(18)32-12-14-7-5-6-8-17(14)25/h5-11,13H,4,12H2,1-3H3/b20-10+/t13-/m0/s1. The molecule has 0 bridgehead atoms. The van der Waals surface area contributed by atoms with Crippen molar-refractivity contribution < 1.29 is 28.6 Å². The topological polar surface area (TPSA) is 82.1 Å². The van der Waals surface area contributed by atoms with Gasteiger partial charge in [0.15, 0.2) is 11.5 Å². The second kappa shape index (κ2) is 11.1. The molecule has 0 aliphatic carbocycles. The van der Waals surface area contributed by atoms with Gasteiger partial charge < -0.3 is 14.2 Å². The SMILES string of the molecule is CCOc1cc(/C=C2/SC(=O)N([C@@H](C)C(=O)OC)C2=O)c(Br)cc1OCc1ccccc1Cl. The van der Waals surface area contributed by atoms with Crippen molar-refractivity contribution in [1.82, 2.24) is 4.90 Å². The second-order valence-corrected chi connectivity index (χ2v) is 9.14. The number of benzene rings is 2. The van der Waals surface area contributed by atoms with E-state index in [4.69, 9.17) is 21.1 Å². The lowest BCUT2D eigenvalue weighted by molar-refractivity contribution is -0.148. The van der Waals surface area contributed by atoms with Gasteiger partial charge in [0.1, 0.15) is 12.6 Å². The fourth-order valence-corrected chi connectivity index (χ4v) is 4.57. The predicted molar refractivity (Wildman–Crippen MR) is 130 cm³/mol. The number of esters is 1. The highest BCUT2D eigenvalue weighted by Crippen LogP contribution is 2.39. The zero-order chi connectivity index (χ0) is 24.1. The van der Waals surface area contributed by atoms with Crippen molar-refractivity contribution in [3.05, 3.63) is 61.9 Å². The summed E-state index contributed by atoms with van der Waals surface area (Å²) in [5.41, 5.74) is 1.44. The molecule has 0 aromatic heterocycles. The Labute approximate surface area is 209 Å². The molecule has 2 aromatic rings. The molecule has 0 N–H and O–H groups in total. The molecular formula is C23H21BrClNO6S. The molecule has 1 atom stereocenters. The smallest absolute Gasteiger partial charge is 0.328 e. The van der Waals surface area contributed by atoms with Crippen molar-refractivity contribution in [2.24, 2.45) is 0 Å². The van der Waals surface area contributed by atoms with Crippen LogP contribution in [0.25, 0.3) is 6.08 Å². The average Bonchev–Trinajstić information content (AvgIpc) is 3.07. The molecule has 0 radical (unpaired) electrons. The first-order valence-corrected chi connectivity index (χ1v) is 11.9. The van der Waals surface area contributed by atoms with E-state index in [0.29, 0.717) is 33.2 Å². The number of carbonyl (C=O) groups is 3. The van der Waals surface area contributed by atoms with Gasteiger partial charge in [0.25, 0.3) is 11.1 Å². The molecule has 1 fully saturated rings. The van der Waals surface area contributed by atoms with Crippen molar-refractivity contribution >= 4 is 62.5 Å². The number of methoxy groups -OCH3 is 1. The number of halogens is 2. The Balaban J connectivity index is 1.88. The molecule has 33 heavy (non-hydrogen) atoms. The van der Waals surface area contributed by atoms with Crippen LogP contribution in [-0.2, 0) is 20.9 Å². The summed E-state index contributed by atoms with van der Waals surface area (Å²) < 4.78 is 17.0. The maximum atomic E-state index is 12.8. The van der Waals surface area contributed by atoms with Gasteiger partial charge in [-0.2, -0.15) is 0 Å². The maximum Gasteiger partial charge on any atom is 0.328 e. The highest BCUT2D eigenvalue weighted by molar-refractivity contribution is 9.10. The van der Waals surface area contributed by atoms with E-state index in [1.807, 2.05) is 25.1 Å². The summed E-state index contributed by atoms with van der Waals surface area (Å²) in [6.07, 6.45) is 1.57. The molecule has 7 nitrogen and oxygen atoms in total. The quantitative estimate of drug-likeness (QED) is 0.307. The monoisotopic (exact) mass is 553 g/mol. The molecule has 1 saturated heterocycles. The van der Waals surface area contributed by atoms with Crippen molar-refractivity contribution in [2.75, 3.05) is 13.7 Å². The minimum absolute atomic E-state index is 0.184. The fourth-order valence-electron chi connectivity index (χ4n) is 3.04. The third-order valence-corrected chi connectivity index (χ3v) is 6.68. The Morgan fingerprint density at radius 3 is 2.58 bits per heavy atom. The summed E-state index contributed by atoms with van der Waals surface area (Å²) >= 11 is 10.5. The first-order valence-electron chi connectivity index (χ1n) is 9.94. The molecule has 0 saturated carbocycles. The molecule has 3 rings (SSSR count). The van der Waals surface area contributed by atoms with Crippen molar-refractivity contribution in [2.45, 2.75) is 26.5 Å². The largest absolute Gasteiger partial charge is 0.490 e. The number of hydrogen-bond donors (Lipinski definition) is 0. The summed E-state index contributed by atoms with van der Waals surface area (Å²) in [7, 11) is 1.20. The Kier molecular flexibility index (Phi) is 8.45. The van der Waals surface area contributed by atoms with Gasteiger partial charge in [-0.3, -0.25) is 14.5 Å². The van der Waals surface area contributed by atoms with Gasteiger partial charge in [-0.15, -0.1) is 0 Å². The number of carbonyl (C=O) groups excluding carboxylic acids is 3. The molecule has 2 amide bonds. The van der Waals surface area contributed by atoms with E-state index >= 15 is 0 Å². The molecule has 0 spiro atoms. The van der Waals surface area contributed by atoms with E-state index in [1.54, 1.807) is 24.3 Å². The van der Waals surface area contributed by atoms with Crippen molar-refractivity contribution in [1.29, 1.82) is 0 Å². The van der Waals surface area contributed by atoms with Gasteiger partial charge in [0, 0.05) is 15.1 Å². The Bertz CT molecular complexity index is 1120. The van der Waals surface area contributed by atoms with Crippen LogP contribution in [0.2, 0.25) is 5.02 Å². The van der Waals surface area contributed by atoms with Crippen LogP contribution >= 0.6 is 39.3 Å².